The number of hydrogen-bond acceptors (Lipinski definition) is 5. The van der Waals surface area contributed by atoms with Crippen LogP contribution in [0.5, 0.6) is 0 Å². The normalized spacial score (nSPS) is 17.6. The number of nitrogens with zero attached hydrogens (tertiary/aromatic N) is 1. The van der Waals surface area contributed by atoms with Gasteiger partial charge in [0.15, 0.2) is 29.6 Å². The molecule has 0 spiro atoms. The van der Waals surface area contributed by atoms with Gasteiger partial charge in [0, 0.05) is 31.1 Å². The summed E-state index contributed by atoms with van der Waals surface area (Å²) < 4.78 is 82.7. The van der Waals surface area contributed by atoms with Crippen LogP contribution in [0.1, 0.15) is 70.0 Å². The highest BCUT2D eigenvalue weighted by atomic mass is 19.2. The molecule has 1 saturated heterocycles. The van der Waals surface area contributed by atoms with E-state index in [-0.39, 0.29) is 31.4 Å². The lowest BCUT2D eigenvalue weighted by Gasteiger charge is -2.39. The molecule has 0 aliphatic carbocycles. The Balaban J connectivity index is 1.10. The fourth-order valence-electron chi connectivity index (χ4n) is 7.04. The lowest BCUT2D eigenvalue weighted by molar-refractivity contribution is -0.253. The van der Waals surface area contributed by atoms with Crippen LogP contribution in [-0.2, 0) is 22.6 Å². The van der Waals surface area contributed by atoms with Crippen LogP contribution in [0.15, 0.2) is 115 Å². The van der Waals surface area contributed by atoms with Crippen LogP contribution in [0.3, 0.4) is 0 Å². The Bertz CT molecular complexity index is 2340. The third-order valence-corrected chi connectivity index (χ3v) is 10.3. The van der Waals surface area contributed by atoms with Crippen molar-refractivity contribution < 1.29 is 41.3 Å². The first-order valence-electron chi connectivity index (χ1n) is 18.2. The first kappa shape index (κ1) is 38.8. The van der Waals surface area contributed by atoms with Gasteiger partial charge in [-0.05, 0) is 76.3 Å². The molecule has 6 aromatic carbocycles. The summed E-state index contributed by atoms with van der Waals surface area (Å²) in [5.41, 5.74) is 4.21. The predicted molar refractivity (Wildman–Crippen MR) is 203 cm³/mol. The van der Waals surface area contributed by atoms with E-state index in [1.807, 2.05) is 66.7 Å². The second-order valence-electron chi connectivity index (χ2n) is 14.0. The van der Waals surface area contributed by atoms with Crippen molar-refractivity contribution in [3.63, 3.8) is 0 Å². The highest BCUT2D eigenvalue weighted by molar-refractivity contribution is 5.94. The molecular formula is C45H39F5N2O4. The molecule has 4 atom stereocenters. The molecule has 1 amide bonds. The summed E-state index contributed by atoms with van der Waals surface area (Å²) in [6, 6.07) is 37.2. The van der Waals surface area contributed by atoms with Gasteiger partial charge in [0.05, 0.1) is 18.8 Å². The van der Waals surface area contributed by atoms with Crippen LogP contribution in [0.2, 0.25) is 0 Å². The highest BCUT2D eigenvalue weighted by Crippen LogP contribution is 2.40. The van der Waals surface area contributed by atoms with E-state index in [1.165, 1.54) is 16.3 Å². The van der Waals surface area contributed by atoms with Crippen LogP contribution in [0.4, 0.5) is 22.0 Å². The Kier molecular flexibility index (Phi) is 11.6. The molecule has 1 aliphatic rings. The van der Waals surface area contributed by atoms with Crippen LogP contribution in [-0.4, -0.2) is 35.6 Å². The zero-order valence-corrected chi connectivity index (χ0v) is 30.6. The maximum absolute atomic E-state index is 14.2. The number of benzene rings is 6. The zero-order chi connectivity index (χ0) is 39.5. The molecule has 11 heteroatoms. The molecule has 1 aliphatic heterocycles. The Hall–Kier alpha value is -5.46. The van der Waals surface area contributed by atoms with Crippen LogP contribution >= 0.6 is 0 Å². The number of ether oxygens (including phenoxy) is 2. The van der Waals surface area contributed by atoms with Crippen LogP contribution in [0, 0.1) is 29.1 Å². The van der Waals surface area contributed by atoms with Gasteiger partial charge in [-0.3, -0.25) is 9.69 Å². The standard InChI is InChI=1S/C45H39F5N2O4/c1-26(31-18-17-29-8-3-4-9-33(29)20-31)52(2)24-36-22-37(30-15-13-27(25-53)14-16-30)56-45(55-36)35-12-6-11-34(21-35)32-10-5-7-28(19-32)23-51-44(54)38-39(46)41(48)43(50)42(49)40(38)47/h3-21,26,36-37,45,53H,22-25H2,1-2H3,(H,51,54). The third kappa shape index (κ3) is 8.22. The molecule has 6 aromatic rings. The molecule has 7 rings (SSSR count). The van der Waals surface area contributed by atoms with Gasteiger partial charge in [0.2, 0.25) is 5.82 Å². The Morgan fingerprint density at radius 3 is 2.11 bits per heavy atom. The van der Waals surface area contributed by atoms with Crippen molar-refractivity contribution in [3.8, 4) is 11.1 Å². The Morgan fingerprint density at radius 1 is 0.732 bits per heavy atom. The zero-order valence-electron chi connectivity index (χ0n) is 30.6. The van der Waals surface area contributed by atoms with E-state index in [1.54, 1.807) is 18.2 Å². The number of amides is 1. The summed E-state index contributed by atoms with van der Waals surface area (Å²) in [7, 11) is 2.08. The molecule has 0 saturated carbocycles. The second-order valence-corrected chi connectivity index (χ2v) is 14.0. The second kappa shape index (κ2) is 16.7. The predicted octanol–water partition coefficient (Wildman–Crippen LogP) is 9.86. The topological polar surface area (TPSA) is 71.0 Å². The molecule has 288 valence electrons. The van der Waals surface area contributed by atoms with Crippen molar-refractivity contribution in [2.24, 2.45) is 0 Å². The van der Waals surface area contributed by atoms with Gasteiger partial charge in [-0.15, -0.1) is 0 Å². The minimum absolute atomic E-state index is 0.0662. The molecule has 6 nitrogen and oxygen atoms in total. The number of carbonyl (C=O) groups excluding carboxylic acids is 1. The maximum Gasteiger partial charge on any atom is 0.257 e. The highest BCUT2D eigenvalue weighted by Gasteiger charge is 2.34. The molecule has 4 unspecified atom stereocenters. The monoisotopic (exact) mass is 766 g/mol. The molecule has 1 fully saturated rings. The fraction of sp³-hybridized carbons (Fsp3) is 0.222. The first-order chi connectivity index (χ1) is 27.0. The number of likely N-dealkylation sites (N-methyl/N-ethyl adjacent to an activating group) is 1. The number of hydrogen-bond donors (Lipinski definition) is 2. The summed E-state index contributed by atoms with van der Waals surface area (Å²) in [4.78, 5) is 14.8. The van der Waals surface area contributed by atoms with Crippen molar-refractivity contribution in [2.75, 3.05) is 13.6 Å². The molecule has 0 radical (unpaired) electrons. The molecule has 2 N–H and O–H groups in total. The average Bonchev–Trinajstić information content (AvgIpc) is 3.23. The summed E-state index contributed by atoms with van der Waals surface area (Å²) in [5.74, 6) is -12.6. The number of aliphatic hydroxyl groups excluding tert-OH is 1. The maximum atomic E-state index is 14.2. The molecule has 0 bridgehead atoms. The molecule has 1 heterocycles. The van der Waals surface area contributed by atoms with Crippen molar-refractivity contribution in [3.05, 3.63) is 178 Å². The number of fused-ring (bicyclic) bond motifs is 1. The molecular weight excluding hydrogens is 727 g/mol. The van der Waals surface area contributed by atoms with Crippen molar-refractivity contribution in [2.45, 2.75) is 51.0 Å². The lowest BCUT2D eigenvalue weighted by atomic mass is 9.97. The molecule has 0 aromatic heterocycles. The van der Waals surface area contributed by atoms with E-state index in [4.69, 9.17) is 9.47 Å². The quantitative estimate of drug-likeness (QED) is 0.0781. The fourth-order valence-corrected chi connectivity index (χ4v) is 7.04. The Morgan fingerprint density at radius 2 is 1.39 bits per heavy atom. The first-order valence-corrected chi connectivity index (χ1v) is 18.2. The minimum atomic E-state index is -2.34. The number of halogens is 5. The van der Waals surface area contributed by atoms with Gasteiger partial charge >= 0.3 is 0 Å². The lowest BCUT2D eigenvalue weighted by Crippen LogP contribution is -2.38. The van der Waals surface area contributed by atoms with Crippen molar-refractivity contribution >= 4 is 16.7 Å². The Labute approximate surface area is 321 Å². The van der Waals surface area contributed by atoms with Gasteiger partial charge in [0.25, 0.3) is 5.91 Å². The van der Waals surface area contributed by atoms with Crippen molar-refractivity contribution in [1.29, 1.82) is 0 Å². The minimum Gasteiger partial charge on any atom is -0.392 e. The summed E-state index contributed by atoms with van der Waals surface area (Å²) in [5, 5.41) is 14.2. The van der Waals surface area contributed by atoms with E-state index in [0.717, 1.165) is 27.8 Å². The summed E-state index contributed by atoms with van der Waals surface area (Å²) >= 11 is 0. The number of nitrogens with one attached hydrogen (secondary N) is 1. The number of carbonyl (C=O) groups is 1. The van der Waals surface area contributed by atoms with Gasteiger partial charge in [-0.25, -0.2) is 22.0 Å². The van der Waals surface area contributed by atoms with E-state index in [0.29, 0.717) is 18.5 Å². The summed E-state index contributed by atoms with van der Waals surface area (Å²) in [6.45, 7) is 2.49. The SMILES string of the molecule is CC(c1ccc2ccccc2c1)N(C)CC1CC(c2ccc(CO)cc2)OC(c2cccc(-c3cccc(CNC(=O)c4c(F)c(F)c(F)c(F)c4F)c3)c2)O1. The third-order valence-electron chi connectivity index (χ3n) is 10.3. The van der Waals surface area contributed by atoms with Gasteiger partial charge < -0.3 is 19.9 Å². The molecule has 56 heavy (non-hydrogen) atoms. The van der Waals surface area contributed by atoms with E-state index in [9.17, 15) is 31.9 Å². The van der Waals surface area contributed by atoms with Crippen molar-refractivity contribution in [1.82, 2.24) is 10.2 Å². The smallest absolute Gasteiger partial charge is 0.257 e. The van der Waals surface area contributed by atoms with E-state index < -0.39 is 46.8 Å². The van der Waals surface area contributed by atoms with Crippen LogP contribution in [0.25, 0.3) is 21.9 Å². The van der Waals surface area contributed by atoms with Gasteiger partial charge in [0.1, 0.15) is 5.56 Å². The van der Waals surface area contributed by atoms with E-state index >= 15 is 0 Å². The average molecular weight is 767 g/mol. The van der Waals surface area contributed by atoms with E-state index in [2.05, 4.69) is 54.5 Å². The van der Waals surface area contributed by atoms with Gasteiger partial charge in [-0.2, -0.15) is 0 Å². The van der Waals surface area contributed by atoms with Gasteiger partial charge in [-0.1, -0.05) is 97.1 Å². The number of aliphatic hydroxyl groups is 1. The number of rotatable bonds is 11. The summed E-state index contributed by atoms with van der Waals surface area (Å²) in [6.07, 6.45) is -0.645. The van der Waals surface area contributed by atoms with Crippen LogP contribution < -0.4 is 5.32 Å². The largest absolute Gasteiger partial charge is 0.392 e.